The van der Waals surface area contributed by atoms with Crippen molar-refractivity contribution in [1.82, 2.24) is 9.21 Å². The van der Waals surface area contributed by atoms with Gasteiger partial charge in [-0.2, -0.15) is 4.31 Å². The number of benzene rings is 2. The number of morpholine rings is 1. The van der Waals surface area contributed by atoms with Gasteiger partial charge < -0.3 is 9.64 Å². The number of halogens is 1. The molecule has 2 aromatic rings. The molecule has 1 aliphatic carbocycles. The summed E-state index contributed by atoms with van der Waals surface area (Å²) in [6.07, 6.45) is 2.44. The summed E-state index contributed by atoms with van der Waals surface area (Å²) >= 11 is 6.48. The number of amides is 1. The molecule has 2 aromatic carbocycles. The highest BCUT2D eigenvalue weighted by Crippen LogP contribution is 2.42. The van der Waals surface area contributed by atoms with Crippen LogP contribution in [0.1, 0.15) is 41.6 Å². The van der Waals surface area contributed by atoms with Crippen LogP contribution in [-0.4, -0.2) is 62.7 Å². The highest BCUT2D eigenvalue weighted by atomic mass is 35.5. The molecule has 9 heteroatoms. The first-order valence-corrected chi connectivity index (χ1v) is 12.8. The van der Waals surface area contributed by atoms with Crippen molar-refractivity contribution in [2.24, 2.45) is 0 Å². The van der Waals surface area contributed by atoms with Crippen LogP contribution in [0.2, 0.25) is 5.02 Å². The lowest BCUT2D eigenvalue weighted by molar-refractivity contribution is -0.132. The number of likely N-dealkylation sites (N-methyl/N-ethyl adjacent to an activating group) is 1. The predicted molar refractivity (Wildman–Crippen MR) is 125 cm³/mol. The van der Waals surface area contributed by atoms with Crippen molar-refractivity contribution in [2.45, 2.75) is 36.1 Å². The van der Waals surface area contributed by atoms with Crippen LogP contribution >= 0.6 is 11.6 Å². The average Bonchev–Trinajstić information content (AvgIpc) is 2.85. The Kier molecular flexibility index (Phi) is 6.91. The van der Waals surface area contributed by atoms with Crippen LogP contribution in [-0.2, 0) is 25.1 Å². The quantitative estimate of drug-likeness (QED) is 0.640. The van der Waals surface area contributed by atoms with Crippen LogP contribution in [0.25, 0.3) is 0 Å². The number of Topliss-reactive ketones (excluding diaryl/α,β-unsaturated/α-hetero) is 1. The number of carbonyl (C=O) groups excluding carboxylic acids is 2. The number of carbonyl (C=O) groups is 2. The molecule has 2 fully saturated rings. The molecule has 1 saturated carbocycles. The first kappa shape index (κ1) is 23.9. The van der Waals surface area contributed by atoms with E-state index in [2.05, 4.69) is 0 Å². The fourth-order valence-corrected chi connectivity index (χ4v) is 6.40. The Bertz CT molecular complexity index is 1150. The number of rotatable bonds is 5. The van der Waals surface area contributed by atoms with Gasteiger partial charge in [-0.25, -0.2) is 8.42 Å². The maximum Gasteiger partial charge on any atom is 0.254 e. The Labute approximate surface area is 199 Å². The Morgan fingerprint density at radius 3 is 2.36 bits per heavy atom. The number of sulfonamides is 1. The van der Waals surface area contributed by atoms with Gasteiger partial charge in [0, 0.05) is 42.7 Å². The summed E-state index contributed by atoms with van der Waals surface area (Å²) in [5.41, 5.74) is -0.214. The first-order chi connectivity index (χ1) is 15.8. The van der Waals surface area contributed by atoms with Gasteiger partial charge in [-0.1, -0.05) is 29.8 Å². The molecular formula is C24H27ClN2O5S. The first-order valence-electron chi connectivity index (χ1n) is 11.0. The minimum atomic E-state index is -3.66. The Balaban J connectivity index is 1.65. The Hall–Kier alpha value is -2.26. The minimum absolute atomic E-state index is 0.0378. The summed E-state index contributed by atoms with van der Waals surface area (Å²) in [5, 5.41) is 0.444. The molecule has 176 valence electrons. The van der Waals surface area contributed by atoms with Crippen LogP contribution in [0, 0.1) is 0 Å². The highest BCUT2D eigenvalue weighted by Gasteiger charge is 2.48. The fourth-order valence-electron chi connectivity index (χ4n) is 4.70. The smallest absolute Gasteiger partial charge is 0.254 e. The van der Waals surface area contributed by atoms with Gasteiger partial charge >= 0.3 is 0 Å². The van der Waals surface area contributed by atoms with Crippen molar-refractivity contribution in [3.63, 3.8) is 0 Å². The van der Waals surface area contributed by atoms with E-state index in [1.807, 2.05) is 6.07 Å². The number of nitrogens with zero attached hydrogens (tertiary/aromatic N) is 2. The monoisotopic (exact) mass is 490 g/mol. The van der Waals surface area contributed by atoms with Crippen molar-refractivity contribution >= 4 is 33.3 Å². The molecule has 1 atom stereocenters. The fraction of sp³-hybridized carbons (Fsp3) is 0.417. The third-order valence-electron chi connectivity index (χ3n) is 6.56. The predicted octanol–water partition coefficient (Wildman–Crippen LogP) is 3.47. The molecule has 0 spiro atoms. The van der Waals surface area contributed by atoms with E-state index < -0.39 is 15.6 Å². The number of hydrogen-bond donors (Lipinski definition) is 0. The highest BCUT2D eigenvalue weighted by molar-refractivity contribution is 7.89. The average molecular weight is 491 g/mol. The lowest BCUT2D eigenvalue weighted by Crippen LogP contribution is -2.54. The lowest BCUT2D eigenvalue weighted by atomic mass is 9.74. The molecule has 1 saturated heterocycles. The molecule has 1 aliphatic heterocycles. The number of ketones is 1. The lowest BCUT2D eigenvalue weighted by Gasteiger charge is -2.44. The second-order valence-corrected chi connectivity index (χ2v) is 10.7. The van der Waals surface area contributed by atoms with E-state index in [0.717, 1.165) is 12.8 Å². The van der Waals surface area contributed by atoms with E-state index >= 15 is 0 Å². The molecule has 0 N–H and O–H groups in total. The van der Waals surface area contributed by atoms with E-state index in [1.165, 1.54) is 33.5 Å². The second-order valence-electron chi connectivity index (χ2n) is 8.38. The van der Waals surface area contributed by atoms with Gasteiger partial charge in [-0.3, -0.25) is 9.59 Å². The van der Waals surface area contributed by atoms with Gasteiger partial charge in [-0.15, -0.1) is 0 Å². The molecule has 33 heavy (non-hydrogen) atoms. The van der Waals surface area contributed by atoms with Gasteiger partial charge in [0.25, 0.3) is 5.91 Å². The summed E-state index contributed by atoms with van der Waals surface area (Å²) in [6, 6.07) is 13.0. The normalized spacial score (nSPS) is 22.2. The Morgan fingerprint density at radius 2 is 1.73 bits per heavy atom. The van der Waals surface area contributed by atoms with Gasteiger partial charge in [0.05, 0.1) is 18.1 Å². The molecule has 1 heterocycles. The van der Waals surface area contributed by atoms with Crippen LogP contribution in [0.5, 0.6) is 0 Å². The van der Waals surface area contributed by atoms with Crippen molar-refractivity contribution < 1.29 is 22.7 Å². The largest absolute Gasteiger partial charge is 0.379 e. The molecule has 0 unspecified atom stereocenters. The summed E-state index contributed by atoms with van der Waals surface area (Å²) in [7, 11) is -2.04. The van der Waals surface area contributed by atoms with E-state index in [4.69, 9.17) is 16.3 Å². The zero-order chi connectivity index (χ0) is 23.6. The van der Waals surface area contributed by atoms with Crippen LogP contribution in [0.4, 0.5) is 0 Å². The van der Waals surface area contributed by atoms with Crippen LogP contribution in [0.3, 0.4) is 0 Å². The van der Waals surface area contributed by atoms with E-state index in [0.29, 0.717) is 55.3 Å². The van der Waals surface area contributed by atoms with Crippen molar-refractivity contribution in [1.29, 1.82) is 0 Å². The summed E-state index contributed by atoms with van der Waals surface area (Å²) < 4.78 is 32.4. The van der Waals surface area contributed by atoms with Gasteiger partial charge in [-0.05, 0) is 49.6 Å². The molecule has 7 nitrogen and oxygen atoms in total. The number of ether oxygens (including phenoxy) is 1. The van der Waals surface area contributed by atoms with Gasteiger partial charge in [0.1, 0.15) is 5.54 Å². The van der Waals surface area contributed by atoms with Crippen LogP contribution in [0.15, 0.2) is 53.4 Å². The van der Waals surface area contributed by atoms with Gasteiger partial charge in [0.15, 0.2) is 5.78 Å². The third-order valence-corrected chi connectivity index (χ3v) is 8.80. The van der Waals surface area contributed by atoms with Crippen molar-refractivity contribution in [2.75, 3.05) is 33.4 Å². The number of hydrogen-bond acceptors (Lipinski definition) is 5. The van der Waals surface area contributed by atoms with Crippen LogP contribution < -0.4 is 0 Å². The maximum atomic E-state index is 13.5. The summed E-state index contributed by atoms with van der Waals surface area (Å²) in [4.78, 5) is 28.4. The van der Waals surface area contributed by atoms with E-state index in [9.17, 15) is 18.0 Å². The van der Waals surface area contributed by atoms with Gasteiger partial charge in [0.2, 0.25) is 10.0 Å². The zero-order valence-electron chi connectivity index (χ0n) is 18.5. The maximum absolute atomic E-state index is 13.5. The standard InChI is InChI=1S/C24H27ClN2O5S/c1-26(24(13-5-4-8-22(24)28)20-6-2-3-7-21(20)25)23(29)18-9-11-19(12-10-18)33(30,31)27-14-16-32-17-15-27/h2-3,6-7,9-12H,4-5,8,13-17H2,1H3/t24-/m0/s1. The van der Waals surface area contributed by atoms with Crippen molar-refractivity contribution in [3.8, 4) is 0 Å². The molecule has 1 amide bonds. The summed E-state index contributed by atoms with van der Waals surface area (Å²) in [5.74, 6) is -0.398. The third kappa shape index (κ3) is 4.33. The SMILES string of the molecule is CN(C(=O)c1ccc(S(=O)(=O)N2CCOCC2)cc1)[C@]1(c2ccccc2Cl)CCCCC1=O. The minimum Gasteiger partial charge on any atom is -0.379 e. The molecular weight excluding hydrogens is 464 g/mol. The van der Waals surface area contributed by atoms with E-state index in [-0.39, 0.29) is 16.6 Å². The molecule has 2 aliphatic rings. The van der Waals surface area contributed by atoms with Crippen molar-refractivity contribution in [3.05, 3.63) is 64.7 Å². The zero-order valence-corrected chi connectivity index (χ0v) is 20.1. The second kappa shape index (κ2) is 9.54. The molecule has 0 radical (unpaired) electrons. The topological polar surface area (TPSA) is 84.0 Å². The molecule has 4 rings (SSSR count). The van der Waals surface area contributed by atoms with E-state index in [1.54, 1.807) is 25.2 Å². The summed E-state index contributed by atoms with van der Waals surface area (Å²) in [6.45, 7) is 1.32. The molecule has 0 bridgehead atoms. The Morgan fingerprint density at radius 1 is 1.06 bits per heavy atom. The molecule has 0 aromatic heterocycles.